The number of hydrogen-bond donors (Lipinski definition) is 0. The minimum atomic E-state index is -0.720. The summed E-state index contributed by atoms with van der Waals surface area (Å²) in [5.74, 6) is -0.699. The molecule has 2 nitrogen and oxygen atoms in total. The lowest BCUT2D eigenvalue weighted by atomic mass is 9.98. The van der Waals surface area contributed by atoms with Gasteiger partial charge in [0.05, 0.1) is 0 Å². The minimum Gasteiger partial charge on any atom is -0.451 e. The van der Waals surface area contributed by atoms with Crippen LogP contribution in [0, 0.1) is 5.82 Å². The molecule has 0 aromatic heterocycles. The first kappa shape index (κ1) is 10.9. The molecule has 3 heteroatoms. The van der Waals surface area contributed by atoms with Crippen molar-refractivity contribution < 1.29 is 13.9 Å². The van der Waals surface area contributed by atoms with Crippen LogP contribution in [0.5, 0.6) is 0 Å². The van der Waals surface area contributed by atoms with Crippen LogP contribution >= 0.6 is 0 Å². The van der Waals surface area contributed by atoms with Crippen molar-refractivity contribution in [2.24, 2.45) is 0 Å². The number of halogens is 1. The Hall–Kier alpha value is -1.64. The molecule has 1 atom stereocenters. The highest BCUT2D eigenvalue weighted by Crippen LogP contribution is 2.40. The number of esters is 1. The number of carbonyl (C=O) groups is 1. The summed E-state index contributed by atoms with van der Waals surface area (Å²) in [4.78, 5) is 11.2. The van der Waals surface area contributed by atoms with Crippen molar-refractivity contribution in [1.82, 2.24) is 0 Å². The van der Waals surface area contributed by atoms with E-state index in [-0.39, 0.29) is 5.82 Å². The molecule has 0 fully saturated rings. The summed E-state index contributed by atoms with van der Waals surface area (Å²) in [6.07, 6.45) is 2.34. The number of hydrogen-bond acceptors (Lipinski definition) is 2. The van der Waals surface area contributed by atoms with Crippen molar-refractivity contribution in [2.75, 3.05) is 0 Å². The molecule has 2 rings (SSSR count). The van der Waals surface area contributed by atoms with Crippen LogP contribution in [0.2, 0.25) is 0 Å². The molecular formula is C13H13FO2. The van der Waals surface area contributed by atoms with Crippen LogP contribution in [0.25, 0.3) is 0 Å². The summed E-state index contributed by atoms with van der Waals surface area (Å²) >= 11 is 0. The Bertz CT molecular complexity index is 453. The monoisotopic (exact) mass is 220 g/mol. The first-order valence-electron chi connectivity index (χ1n) is 5.20. The average Bonchev–Trinajstić information content (AvgIpc) is 2.58. The molecule has 1 aliphatic rings. The second-order valence-electron chi connectivity index (χ2n) is 4.12. The van der Waals surface area contributed by atoms with Gasteiger partial charge >= 0.3 is 5.97 Å². The van der Waals surface area contributed by atoms with E-state index < -0.39 is 11.6 Å². The van der Waals surface area contributed by atoms with Gasteiger partial charge < -0.3 is 4.74 Å². The SMILES string of the molecule is C=CC(=O)OC1(C)CCc2c(F)cccc21. The van der Waals surface area contributed by atoms with Crippen molar-refractivity contribution in [2.45, 2.75) is 25.4 Å². The Labute approximate surface area is 93.7 Å². The van der Waals surface area contributed by atoms with Gasteiger partial charge in [-0.25, -0.2) is 9.18 Å². The number of carbonyl (C=O) groups excluding carboxylic acids is 1. The van der Waals surface area contributed by atoms with E-state index in [0.717, 1.165) is 11.6 Å². The quantitative estimate of drug-likeness (QED) is 0.566. The fourth-order valence-electron chi connectivity index (χ4n) is 2.18. The Balaban J connectivity index is 2.38. The highest BCUT2D eigenvalue weighted by molar-refractivity contribution is 5.81. The third-order valence-electron chi connectivity index (χ3n) is 3.03. The maximum absolute atomic E-state index is 13.5. The summed E-state index contributed by atoms with van der Waals surface area (Å²) < 4.78 is 18.8. The number of ether oxygens (including phenoxy) is 1. The molecule has 0 saturated heterocycles. The topological polar surface area (TPSA) is 26.3 Å². The molecule has 0 amide bonds. The summed E-state index contributed by atoms with van der Waals surface area (Å²) in [6.45, 7) is 5.16. The third kappa shape index (κ3) is 1.62. The predicted molar refractivity (Wildman–Crippen MR) is 58.4 cm³/mol. The van der Waals surface area contributed by atoms with Gasteiger partial charge in [0.1, 0.15) is 11.4 Å². The molecular weight excluding hydrogens is 207 g/mol. The van der Waals surface area contributed by atoms with Gasteiger partial charge in [-0.3, -0.25) is 0 Å². The lowest BCUT2D eigenvalue weighted by molar-refractivity contribution is -0.152. The van der Waals surface area contributed by atoms with Gasteiger partial charge in [0.15, 0.2) is 0 Å². The van der Waals surface area contributed by atoms with E-state index in [1.54, 1.807) is 13.0 Å². The maximum Gasteiger partial charge on any atom is 0.331 e. The van der Waals surface area contributed by atoms with E-state index >= 15 is 0 Å². The van der Waals surface area contributed by atoms with Crippen molar-refractivity contribution in [1.29, 1.82) is 0 Å². The standard InChI is InChI=1S/C13H13FO2/c1-3-12(15)16-13(2)8-7-9-10(13)5-4-6-11(9)14/h3-6H,1,7-8H2,2H3. The fraction of sp³-hybridized carbons (Fsp3) is 0.308. The predicted octanol–water partition coefficient (Wildman–Crippen LogP) is 2.72. The van der Waals surface area contributed by atoms with Gasteiger partial charge in [0.2, 0.25) is 0 Å². The highest BCUT2D eigenvalue weighted by Gasteiger charge is 2.38. The number of fused-ring (bicyclic) bond motifs is 1. The lowest BCUT2D eigenvalue weighted by Gasteiger charge is -2.25. The maximum atomic E-state index is 13.5. The molecule has 0 saturated carbocycles. The lowest BCUT2D eigenvalue weighted by Crippen LogP contribution is -2.25. The Kier molecular flexibility index (Phi) is 2.54. The normalized spacial score (nSPS) is 22.6. The van der Waals surface area contributed by atoms with Crippen LogP contribution in [0.3, 0.4) is 0 Å². The van der Waals surface area contributed by atoms with E-state index in [1.807, 2.05) is 6.07 Å². The molecule has 0 spiro atoms. The Morgan fingerprint density at radius 2 is 2.38 bits per heavy atom. The van der Waals surface area contributed by atoms with E-state index in [9.17, 15) is 9.18 Å². The molecule has 84 valence electrons. The van der Waals surface area contributed by atoms with Gasteiger partial charge in [-0.2, -0.15) is 0 Å². The summed E-state index contributed by atoms with van der Waals surface area (Å²) in [6, 6.07) is 4.88. The van der Waals surface area contributed by atoms with Crippen molar-refractivity contribution in [3.8, 4) is 0 Å². The van der Waals surface area contributed by atoms with Crippen molar-refractivity contribution in [3.63, 3.8) is 0 Å². The molecule has 0 bridgehead atoms. The second-order valence-corrected chi connectivity index (χ2v) is 4.12. The molecule has 0 N–H and O–H groups in total. The smallest absolute Gasteiger partial charge is 0.331 e. The van der Waals surface area contributed by atoms with E-state index in [2.05, 4.69) is 6.58 Å². The average molecular weight is 220 g/mol. The molecule has 1 aliphatic carbocycles. The minimum absolute atomic E-state index is 0.226. The van der Waals surface area contributed by atoms with Crippen molar-refractivity contribution in [3.05, 3.63) is 47.8 Å². The summed E-state index contributed by atoms with van der Waals surface area (Å²) in [5, 5.41) is 0. The van der Waals surface area contributed by atoms with E-state index in [0.29, 0.717) is 18.4 Å². The first-order valence-corrected chi connectivity index (χ1v) is 5.20. The zero-order chi connectivity index (χ0) is 11.8. The molecule has 0 radical (unpaired) electrons. The number of benzene rings is 1. The van der Waals surface area contributed by atoms with Crippen molar-refractivity contribution >= 4 is 5.97 Å². The van der Waals surface area contributed by atoms with Crippen LogP contribution in [0.1, 0.15) is 24.5 Å². The van der Waals surface area contributed by atoms with E-state index in [1.165, 1.54) is 6.07 Å². The molecule has 0 aliphatic heterocycles. The van der Waals surface area contributed by atoms with Gasteiger partial charge in [-0.15, -0.1) is 0 Å². The number of rotatable bonds is 2. The largest absolute Gasteiger partial charge is 0.451 e. The summed E-state index contributed by atoms with van der Waals surface area (Å²) in [5.41, 5.74) is 0.701. The molecule has 1 aromatic rings. The molecule has 16 heavy (non-hydrogen) atoms. The Morgan fingerprint density at radius 1 is 1.62 bits per heavy atom. The van der Waals surface area contributed by atoms with Crippen LogP contribution in [0.4, 0.5) is 4.39 Å². The van der Waals surface area contributed by atoms with Gasteiger partial charge in [-0.05, 0) is 31.4 Å². The second kappa shape index (κ2) is 3.74. The van der Waals surface area contributed by atoms with Gasteiger partial charge in [0.25, 0.3) is 0 Å². The molecule has 1 unspecified atom stereocenters. The first-order chi connectivity index (χ1) is 7.57. The molecule has 0 heterocycles. The van der Waals surface area contributed by atoms with Crippen LogP contribution in [-0.4, -0.2) is 5.97 Å². The van der Waals surface area contributed by atoms with Crippen LogP contribution in [-0.2, 0) is 21.6 Å². The Morgan fingerprint density at radius 3 is 3.06 bits per heavy atom. The highest BCUT2D eigenvalue weighted by atomic mass is 19.1. The zero-order valence-electron chi connectivity index (χ0n) is 9.13. The van der Waals surface area contributed by atoms with Crippen LogP contribution < -0.4 is 0 Å². The third-order valence-corrected chi connectivity index (χ3v) is 3.03. The van der Waals surface area contributed by atoms with Gasteiger partial charge in [-0.1, -0.05) is 18.7 Å². The molecule has 1 aromatic carbocycles. The van der Waals surface area contributed by atoms with E-state index in [4.69, 9.17) is 4.74 Å². The fourth-order valence-corrected chi connectivity index (χ4v) is 2.18. The zero-order valence-corrected chi connectivity index (χ0v) is 9.13. The van der Waals surface area contributed by atoms with Gasteiger partial charge in [0, 0.05) is 11.6 Å². The van der Waals surface area contributed by atoms with Crippen LogP contribution in [0.15, 0.2) is 30.9 Å². The summed E-state index contributed by atoms with van der Waals surface area (Å²) in [7, 11) is 0.